The lowest BCUT2D eigenvalue weighted by molar-refractivity contribution is 0.0955. The average Bonchev–Trinajstić information content (AvgIpc) is 2.64. The van der Waals surface area contributed by atoms with Crippen molar-refractivity contribution >= 4 is 6.09 Å². The standard InChI is InChI=1S/C20H30N2O2/c1-20(2,3)22(19(23)24)14-15-7-8-16-9-11-21(18-5-4-6-18)12-10-17(16)13-15/h7-8,13,18H,4-6,9-12,14H2,1-3H3,(H,23,24). The first-order chi connectivity index (χ1) is 11.3. The molecule has 1 fully saturated rings. The van der Waals surface area contributed by atoms with Crippen LogP contribution in [-0.2, 0) is 19.4 Å². The summed E-state index contributed by atoms with van der Waals surface area (Å²) in [6.45, 7) is 8.60. The molecule has 1 heterocycles. The summed E-state index contributed by atoms with van der Waals surface area (Å²) in [6.07, 6.45) is 5.46. The number of amides is 1. The molecular weight excluding hydrogens is 300 g/mol. The molecular formula is C20H30N2O2. The molecule has 0 unspecified atom stereocenters. The summed E-state index contributed by atoms with van der Waals surface area (Å²) in [5.41, 5.74) is 3.56. The number of hydrogen-bond acceptors (Lipinski definition) is 2. The lowest BCUT2D eigenvalue weighted by Crippen LogP contribution is -2.44. The lowest BCUT2D eigenvalue weighted by Gasteiger charge is -2.36. The Morgan fingerprint density at radius 1 is 1.21 bits per heavy atom. The minimum atomic E-state index is -0.853. The van der Waals surface area contributed by atoms with E-state index in [0.29, 0.717) is 6.54 Å². The van der Waals surface area contributed by atoms with E-state index in [1.807, 2.05) is 20.8 Å². The fourth-order valence-corrected chi connectivity index (χ4v) is 3.79. The van der Waals surface area contributed by atoms with Crippen LogP contribution in [0.3, 0.4) is 0 Å². The van der Waals surface area contributed by atoms with E-state index in [1.54, 1.807) is 0 Å². The van der Waals surface area contributed by atoms with E-state index in [1.165, 1.54) is 41.8 Å². The molecule has 1 aromatic rings. The van der Waals surface area contributed by atoms with E-state index in [0.717, 1.165) is 31.0 Å². The highest BCUT2D eigenvalue weighted by Crippen LogP contribution is 2.28. The minimum Gasteiger partial charge on any atom is -0.465 e. The maximum Gasteiger partial charge on any atom is 0.408 e. The molecule has 0 saturated heterocycles. The van der Waals surface area contributed by atoms with E-state index in [2.05, 4.69) is 23.1 Å². The molecule has 4 heteroatoms. The highest BCUT2D eigenvalue weighted by molar-refractivity contribution is 5.66. The third-order valence-electron chi connectivity index (χ3n) is 5.58. The van der Waals surface area contributed by atoms with Gasteiger partial charge in [-0.05, 0) is 63.1 Å². The van der Waals surface area contributed by atoms with Crippen molar-refractivity contribution in [3.63, 3.8) is 0 Å². The van der Waals surface area contributed by atoms with E-state index >= 15 is 0 Å². The molecule has 0 atom stereocenters. The first-order valence-corrected chi connectivity index (χ1v) is 9.20. The number of carbonyl (C=O) groups is 1. The molecule has 0 spiro atoms. The smallest absolute Gasteiger partial charge is 0.408 e. The van der Waals surface area contributed by atoms with Crippen LogP contribution >= 0.6 is 0 Å². The topological polar surface area (TPSA) is 43.8 Å². The average molecular weight is 330 g/mol. The van der Waals surface area contributed by atoms with Crippen LogP contribution in [0.2, 0.25) is 0 Å². The second kappa shape index (κ2) is 6.75. The Morgan fingerprint density at radius 2 is 1.88 bits per heavy atom. The molecule has 1 aromatic carbocycles. The molecule has 2 aliphatic rings. The van der Waals surface area contributed by atoms with E-state index in [4.69, 9.17) is 0 Å². The van der Waals surface area contributed by atoms with Gasteiger partial charge in [-0.1, -0.05) is 24.6 Å². The van der Waals surface area contributed by atoms with Crippen molar-refractivity contribution in [2.24, 2.45) is 0 Å². The normalized spacial score (nSPS) is 19.3. The van der Waals surface area contributed by atoms with Crippen LogP contribution in [0.25, 0.3) is 0 Å². The number of rotatable bonds is 3. The van der Waals surface area contributed by atoms with Gasteiger partial charge >= 0.3 is 6.09 Å². The van der Waals surface area contributed by atoms with Crippen molar-refractivity contribution in [1.82, 2.24) is 9.80 Å². The first-order valence-electron chi connectivity index (χ1n) is 9.20. The van der Waals surface area contributed by atoms with Crippen molar-refractivity contribution in [1.29, 1.82) is 0 Å². The number of carboxylic acid groups (broad SMARTS) is 1. The SMILES string of the molecule is CC(C)(C)N(Cc1ccc2c(c1)CCN(C1CCC1)CC2)C(=O)O. The van der Waals surface area contributed by atoms with Crippen LogP contribution in [0.4, 0.5) is 4.79 Å². The Kier molecular flexibility index (Phi) is 4.86. The maximum atomic E-state index is 11.6. The van der Waals surface area contributed by atoms with Crippen molar-refractivity contribution in [3.05, 3.63) is 34.9 Å². The molecule has 1 saturated carbocycles. The zero-order valence-electron chi connectivity index (χ0n) is 15.2. The van der Waals surface area contributed by atoms with Crippen LogP contribution in [0.1, 0.15) is 56.7 Å². The van der Waals surface area contributed by atoms with E-state index in [9.17, 15) is 9.90 Å². The number of hydrogen-bond donors (Lipinski definition) is 1. The summed E-state index contributed by atoms with van der Waals surface area (Å²) in [5, 5.41) is 9.50. The quantitative estimate of drug-likeness (QED) is 0.913. The fraction of sp³-hybridized carbons (Fsp3) is 0.650. The Bertz CT molecular complexity index is 602. The third-order valence-corrected chi connectivity index (χ3v) is 5.58. The van der Waals surface area contributed by atoms with Gasteiger partial charge in [0, 0.05) is 31.2 Å². The summed E-state index contributed by atoms with van der Waals surface area (Å²) in [7, 11) is 0. The van der Waals surface area contributed by atoms with Crippen LogP contribution in [0.15, 0.2) is 18.2 Å². The molecule has 1 amide bonds. The van der Waals surface area contributed by atoms with Gasteiger partial charge in [0.1, 0.15) is 0 Å². The Labute approximate surface area is 145 Å². The van der Waals surface area contributed by atoms with Crippen LogP contribution in [0, 0.1) is 0 Å². The second-order valence-electron chi connectivity index (χ2n) is 8.26. The second-order valence-corrected chi connectivity index (χ2v) is 8.26. The number of benzene rings is 1. The molecule has 3 rings (SSSR count). The van der Waals surface area contributed by atoms with E-state index in [-0.39, 0.29) is 5.54 Å². The Hall–Kier alpha value is -1.55. The summed E-state index contributed by atoms with van der Waals surface area (Å²) in [4.78, 5) is 15.7. The highest BCUT2D eigenvalue weighted by Gasteiger charge is 2.28. The molecule has 0 radical (unpaired) electrons. The van der Waals surface area contributed by atoms with Gasteiger partial charge in [-0.2, -0.15) is 0 Å². The predicted molar refractivity (Wildman–Crippen MR) is 96.4 cm³/mol. The largest absolute Gasteiger partial charge is 0.465 e. The Morgan fingerprint density at radius 3 is 2.42 bits per heavy atom. The molecule has 132 valence electrons. The van der Waals surface area contributed by atoms with Gasteiger partial charge in [-0.15, -0.1) is 0 Å². The fourth-order valence-electron chi connectivity index (χ4n) is 3.79. The summed E-state index contributed by atoms with van der Waals surface area (Å²) in [5.74, 6) is 0. The molecule has 4 nitrogen and oxygen atoms in total. The summed E-state index contributed by atoms with van der Waals surface area (Å²) >= 11 is 0. The molecule has 24 heavy (non-hydrogen) atoms. The van der Waals surface area contributed by atoms with Gasteiger partial charge < -0.3 is 5.11 Å². The monoisotopic (exact) mass is 330 g/mol. The van der Waals surface area contributed by atoms with Gasteiger partial charge in [0.15, 0.2) is 0 Å². The van der Waals surface area contributed by atoms with Gasteiger partial charge in [0.25, 0.3) is 0 Å². The number of fused-ring (bicyclic) bond motifs is 1. The number of nitrogens with zero attached hydrogens (tertiary/aromatic N) is 2. The maximum absolute atomic E-state index is 11.6. The van der Waals surface area contributed by atoms with Crippen LogP contribution in [0.5, 0.6) is 0 Å². The van der Waals surface area contributed by atoms with Crippen LogP contribution in [-0.4, -0.2) is 45.7 Å². The molecule has 0 bridgehead atoms. The predicted octanol–water partition coefficient (Wildman–Crippen LogP) is 3.92. The summed E-state index contributed by atoms with van der Waals surface area (Å²) < 4.78 is 0. The Balaban J connectivity index is 1.72. The minimum absolute atomic E-state index is 0.389. The zero-order valence-corrected chi connectivity index (χ0v) is 15.2. The van der Waals surface area contributed by atoms with Gasteiger partial charge in [0.05, 0.1) is 0 Å². The third kappa shape index (κ3) is 3.75. The molecule has 0 aromatic heterocycles. The van der Waals surface area contributed by atoms with Gasteiger partial charge in [0.2, 0.25) is 0 Å². The lowest BCUT2D eigenvalue weighted by atomic mass is 9.91. The van der Waals surface area contributed by atoms with Crippen molar-refractivity contribution in [2.45, 2.75) is 71.0 Å². The molecule has 1 aliphatic heterocycles. The highest BCUT2D eigenvalue weighted by atomic mass is 16.4. The van der Waals surface area contributed by atoms with Crippen molar-refractivity contribution in [2.75, 3.05) is 13.1 Å². The van der Waals surface area contributed by atoms with Crippen molar-refractivity contribution in [3.8, 4) is 0 Å². The molecule has 1 N–H and O–H groups in total. The molecule has 1 aliphatic carbocycles. The van der Waals surface area contributed by atoms with Gasteiger partial charge in [-0.25, -0.2) is 4.79 Å². The zero-order chi connectivity index (χ0) is 17.3. The van der Waals surface area contributed by atoms with Crippen molar-refractivity contribution < 1.29 is 9.90 Å². The summed E-state index contributed by atoms with van der Waals surface area (Å²) in [6, 6.07) is 7.38. The van der Waals surface area contributed by atoms with Gasteiger partial charge in [-0.3, -0.25) is 9.80 Å². The van der Waals surface area contributed by atoms with E-state index < -0.39 is 6.09 Å². The first kappa shape index (κ1) is 17.3. The van der Waals surface area contributed by atoms with Crippen LogP contribution < -0.4 is 0 Å².